The van der Waals surface area contributed by atoms with Crippen LogP contribution in [0.15, 0.2) is 12.1 Å². The van der Waals surface area contributed by atoms with Gasteiger partial charge < -0.3 is 16.2 Å². The van der Waals surface area contributed by atoms with Crippen LogP contribution in [0.4, 0.5) is 18.9 Å². The van der Waals surface area contributed by atoms with Crippen LogP contribution in [0.25, 0.3) is 0 Å². The number of aryl methyl sites for hydroxylation is 2. The van der Waals surface area contributed by atoms with Gasteiger partial charge in [-0.25, -0.2) is 0 Å². The molecule has 0 aliphatic rings. The molecule has 1 atom stereocenters. The number of alkyl halides is 3. The number of halogens is 3. The summed E-state index contributed by atoms with van der Waals surface area (Å²) < 4.78 is 37.8. The van der Waals surface area contributed by atoms with E-state index in [1.165, 1.54) is 12.1 Å². The lowest BCUT2D eigenvalue weighted by molar-refractivity contribution is -0.184. The van der Waals surface area contributed by atoms with E-state index in [0.717, 1.165) is 0 Å². The molecule has 0 saturated heterocycles. The summed E-state index contributed by atoms with van der Waals surface area (Å²) in [5, 5.41) is 11.6. The summed E-state index contributed by atoms with van der Waals surface area (Å²) in [4.78, 5) is 11.6. The fraction of sp³-hybridized carbons (Fsp3) is 0.417. The highest BCUT2D eigenvalue weighted by Gasteiger charge is 2.54. The Labute approximate surface area is 108 Å². The number of carbonyl (C=O) groups excluding carboxylic acids is 1. The van der Waals surface area contributed by atoms with E-state index >= 15 is 0 Å². The van der Waals surface area contributed by atoms with Gasteiger partial charge in [0, 0.05) is 5.69 Å². The summed E-state index contributed by atoms with van der Waals surface area (Å²) in [7, 11) is 0. The standard InChI is InChI=1S/C12H15F3N2O2/c1-6-5-9(18)7(2)4-8(6)17-10(19)11(3,16)12(13,14)15/h4-5,18H,16H2,1-3H3,(H,17,19). The maximum Gasteiger partial charge on any atom is 0.415 e. The van der Waals surface area contributed by atoms with Crippen LogP contribution in [0.5, 0.6) is 5.75 Å². The smallest absolute Gasteiger partial charge is 0.415 e. The van der Waals surface area contributed by atoms with E-state index in [4.69, 9.17) is 5.73 Å². The fourth-order valence-electron chi connectivity index (χ4n) is 1.32. The van der Waals surface area contributed by atoms with Crippen LogP contribution in [0.2, 0.25) is 0 Å². The molecule has 4 N–H and O–H groups in total. The first-order chi connectivity index (χ1) is 8.46. The van der Waals surface area contributed by atoms with Crippen molar-refractivity contribution in [2.45, 2.75) is 32.5 Å². The van der Waals surface area contributed by atoms with Gasteiger partial charge in [-0.2, -0.15) is 13.2 Å². The topological polar surface area (TPSA) is 75.4 Å². The van der Waals surface area contributed by atoms with E-state index in [1.54, 1.807) is 13.8 Å². The van der Waals surface area contributed by atoms with Gasteiger partial charge in [0.2, 0.25) is 0 Å². The molecule has 1 rings (SSSR count). The quantitative estimate of drug-likeness (QED) is 0.725. The monoisotopic (exact) mass is 276 g/mol. The third kappa shape index (κ3) is 2.98. The Morgan fingerprint density at radius 3 is 2.26 bits per heavy atom. The summed E-state index contributed by atoms with van der Waals surface area (Å²) in [6.45, 7) is 3.72. The zero-order valence-corrected chi connectivity index (χ0v) is 10.7. The Morgan fingerprint density at radius 2 is 1.79 bits per heavy atom. The lowest BCUT2D eigenvalue weighted by Gasteiger charge is -2.26. The first kappa shape index (κ1) is 15.3. The second-order valence-electron chi connectivity index (χ2n) is 4.61. The highest BCUT2D eigenvalue weighted by Crippen LogP contribution is 2.30. The molecule has 7 heteroatoms. The van der Waals surface area contributed by atoms with E-state index in [0.29, 0.717) is 18.1 Å². The van der Waals surface area contributed by atoms with Crippen molar-refractivity contribution < 1.29 is 23.1 Å². The number of nitrogens with one attached hydrogen (secondary N) is 1. The SMILES string of the molecule is Cc1cc(NC(=O)C(C)(N)C(F)(F)F)c(C)cc1O. The van der Waals surface area contributed by atoms with Gasteiger partial charge in [-0.15, -0.1) is 0 Å². The second kappa shape index (κ2) is 4.73. The molecule has 0 spiro atoms. The summed E-state index contributed by atoms with van der Waals surface area (Å²) in [5.74, 6) is -1.35. The summed E-state index contributed by atoms with van der Waals surface area (Å²) in [6, 6.07) is 2.74. The molecule has 1 aromatic rings. The Hall–Kier alpha value is -1.76. The number of rotatable bonds is 2. The Morgan fingerprint density at radius 1 is 1.26 bits per heavy atom. The molecule has 4 nitrogen and oxygen atoms in total. The molecule has 1 amide bonds. The van der Waals surface area contributed by atoms with E-state index in [1.807, 2.05) is 0 Å². The lowest BCUT2D eigenvalue weighted by Crippen LogP contribution is -2.59. The van der Waals surface area contributed by atoms with Crippen molar-refractivity contribution in [2.75, 3.05) is 5.32 Å². The Kier molecular flexibility index (Phi) is 3.81. The van der Waals surface area contributed by atoms with Crippen molar-refractivity contribution in [3.05, 3.63) is 23.3 Å². The number of aromatic hydroxyl groups is 1. The van der Waals surface area contributed by atoms with Gasteiger partial charge in [-0.1, -0.05) is 0 Å². The number of carbonyl (C=O) groups is 1. The largest absolute Gasteiger partial charge is 0.508 e. The first-order valence-corrected chi connectivity index (χ1v) is 5.44. The minimum Gasteiger partial charge on any atom is -0.508 e. The molecule has 0 aliphatic heterocycles. The Bertz CT molecular complexity index is 510. The first-order valence-electron chi connectivity index (χ1n) is 5.44. The number of benzene rings is 1. The molecule has 0 radical (unpaired) electrons. The minimum atomic E-state index is -4.85. The van der Waals surface area contributed by atoms with Crippen LogP contribution in [-0.4, -0.2) is 22.7 Å². The average Bonchev–Trinajstić information content (AvgIpc) is 2.24. The summed E-state index contributed by atoms with van der Waals surface area (Å²) in [5.41, 5.74) is 3.09. The molecule has 0 saturated carbocycles. The van der Waals surface area contributed by atoms with Crippen LogP contribution in [0, 0.1) is 13.8 Å². The molecule has 19 heavy (non-hydrogen) atoms. The average molecular weight is 276 g/mol. The second-order valence-corrected chi connectivity index (χ2v) is 4.61. The third-order valence-electron chi connectivity index (χ3n) is 2.85. The number of hydrogen-bond donors (Lipinski definition) is 3. The molecule has 1 aromatic carbocycles. The fourth-order valence-corrected chi connectivity index (χ4v) is 1.32. The van der Waals surface area contributed by atoms with Crippen LogP contribution >= 0.6 is 0 Å². The van der Waals surface area contributed by atoms with E-state index in [9.17, 15) is 23.1 Å². The number of hydrogen-bond acceptors (Lipinski definition) is 3. The minimum absolute atomic E-state index is 0.00169. The molecule has 0 fully saturated rings. The van der Waals surface area contributed by atoms with Gasteiger partial charge in [0.05, 0.1) is 0 Å². The molecular weight excluding hydrogens is 261 g/mol. The van der Waals surface area contributed by atoms with Crippen molar-refractivity contribution in [3.8, 4) is 5.75 Å². The number of anilines is 1. The van der Waals surface area contributed by atoms with Crippen molar-refractivity contribution in [1.82, 2.24) is 0 Å². The number of amides is 1. The van der Waals surface area contributed by atoms with Gasteiger partial charge in [0.15, 0.2) is 5.54 Å². The predicted molar refractivity (Wildman–Crippen MR) is 64.9 cm³/mol. The van der Waals surface area contributed by atoms with Crippen molar-refractivity contribution >= 4 is 11.6 Å². The highest BCUT2D eigenvalue weighted by atomic mass is 19.4. The van der Waals surface area contributed by atoms with E-state index in [-0.39, 0.29) is 11.4 Å². The Balaban J connectivity index is 3.05. The van der Waals surface area contributed by atoms with E-state index < -0.39 is 17.6 Å². The third-order valence-corrected chi connectivity index (χ3v) is 2.85. The lowest BCUT2D eigenvalue weighted by atomic mass is 10.0. The van der Waals surface area contributed by atoms with Crippen LogP contribution in [0.3, 0.4) is 0 Å². The van der Waals surface area contributed by atoms with E-state index in [2.05, 4.69) is 5.32 Å². The van der Waals surface area contributed by atoms with Crippen LogP contribution in [0.1, 0.15) is 18.1 Å². The van der Waals surface area contributed by atoms with Gasteiger partial charge >= 0.3 is 6.18 Å². The molecule has 1 unspecified atom stereocenters. The maximum atomic E-state index is 12.6. The summed E-state index contributed by atoms with van der Waals surface area (Å²) >= 11 is 0. The number of nitrogens with two attached hydrogens (primary N) is 1. The van der Waals surface area contributed by atoms with Crippen molar-refractivity contribution in [2.24, 2.45) is 5.73 Å². The zero-order valence-electron chi connectivity index (χ0n) is 10.7. The number of phenols is 1. The maximum absolute atomic E-state index is 12.6. The van der Waals surface area contributed by atoms with Crippen molar-refractivity contribution in [1.29, 1.82) is 0 Å². The molecule has 0 bridgehead atoms. The van der Waals surface area contributed by atoms with Gasteiger partial charge in [0.25, 0.3) is 5.91 Å². The number of phenolic OH excluding ortho intramolecular Hbond substituents is 1. The molecule has 106 valence electrons. The van der Waals surface area contributed by atoms with Crippen LogP contribution < -0.4 is 11.1 Å². The molecule has 0 aliphatic carbocycles. The summed E-state index contributed by atoms with van der Waals surface area (Å²) in [6.07, 6.45) is -4.85. The zero-order chi connectivity index (χ0) is 15.0. The van der Waals surface area contributed by atoms with Gasteiger partial charge in [0.1, 0.15) is 5.75 Å². The normalized spacial score (nSPS) is 14.9. The predicted octanol–water partition coefficient (Wildman–Crippen LogP) is 2.23. The van der Waals surface area contributed by atoms with Gasteiger partial charge in [-0.3, -0.25) is 4.79 Å². The highest BCUT2D eigenvalue weighted by molar-refractivity contribution is 5.99. The molecule has 0 aromatic heterocycles. The molecule has 0 heterocycles. The van der Waals surface area contributed by atoms with Crippen molar-refractivity contribution in [3.63, 3.8) is 0 Å². The molecular formula is C12H15F3N2O2. The van der Waals surface area contributed by atoms with Gasteiger partial charge in [-0.05, 0) is 44.0 Å². The van der Waals surface area contributed by atoms with Crippen LogP contribution in [-0.2, 0) is 4.79 Å².